The minimum absolute atomic E-state index is 0.190. The van der Waals surface area contributed by atoms with Crippen LogP contribution in [0.3, 0.4) is 0 Å². The summed E-state index contributed by atoms with van der Waals surface area (Å²) in [6.07, 6.45) is 1.43. The van der Waals surface area contributed by atoms with E-state index in [9.17, 15) is 4.79 Å². The molecule has 15 heavy (non-hydrogen) atoms. The molecule has 1 N–H and O–H groups in total. The van der Waals surface area contributed by atoms with E-state index in [1.54, 1.807) is 12.1 Å². The molecule has 2 rings (SSSR count). The molecule has 0 unspecified atom stereocenters. The summed E-state index contributed by atoms with van der Waals surface area (Å²) in [4.78, 5) is 11.5. The van der Waals surface area contributed by atoms with Crippen LogP contribution >= 0.6 is 15.9 Å². The van der Waals surface area contributed by atoms with Gasteiger partial charge in [-0.1, -0.05) is 27.2 Å². The van der Waals surface area contributed by atoms with Crippen molar-refractivity contribution in [2.45, 2.75) is 0 Å². The van der Waals surface area contributed by atoms with Crippen molar-refractivity contribution in [3.8, 4) is 0 Å². The molecular weight excluding hydrogens is 260 g/mol. The van der Waals surface area contributed by atoms with Crippen LogP contribution < -0.4 is 5.32 Å². The molecule has 0 spiro atoms. The summed E-state index contributed by atoms with van der Waals surface area (Å²) in [5, 5.41) is 6.14. The van der Waals surface area contributed by atoms with E-state index in [4.69, 9.17) is 4.52 Å². The first-order valence-corrected chi connectivity index (χ1v) is 5.02. The predicted octanol–water partition coefficient (Wildman–Crippen LogP) is 2.69. The minimum Gasteiger partial charge on any atom is -0.351 e. The number of rotatable bonds is 2. The van der Waals surface area contributed by atoms with Crippen molar-refractivity contribution < 1.29 is 9.32 Å². The van der Waals surface area contributed by atoms with Gasteiger partial charge in [-0.25, -0.2) is 0 Å². The second-order valence-electron chi connectivity index (χ2n) is 2.84. The summed E-state index contributed by atoms with van der Waals surface area (Å²) in [7, 11) is 0. The summed E-state index contributed by atoms with van der Waals surface area (Å²) in [5.41, 5.74) is 0.700. The van der Waals surface area contributed by atoms with Crippen LogP contribution in [-0.2, 0) is 0 Å². The first-order valence-electron chi connectivity index (χ1n) is 4.23. The molecule has 76 valence electrons. The van der Waals surface area contributed by atoms with Gasteiger partial charge in [0.2, 0.25) is 5.76 Å². The van der Waals surface area contributed by atoms with Crippen LogP contribution in [0.5, 0.6) is 0 Å². The van der Waals surface area contributed by atoms with Gasteiger partial charge in [0.15, 0.2) is 0 Å². The largest absolute Gasteiger partial charge is 0.351 e. The maximum Gasteiger partial charge on any atom is 0.294 e. The first-order chi connectivity index (χ1) is 7.25. The van der Waals surface area contributed by atoms with Crippen LogP contribution in [0.15, 0.2) is 45.5 Å². The lowest BCUT2D eigenvalue weighted by Crippen LogP contribution is -2.10. The molecule has 1 aromatic carbocycles. The van der Waals surface area contributed by atoms with E-state index in [1.165, 1.54) is 12.3 Å². The summed E-state index contributed by atoms with van der Waals surface area (Å²) in [6.45, 7) is 0. The number of anilines is 1. The Balaban J connectivity index is 2.13. The van der Waals surface area contributed by atoms with Crippen LogP contribution in [0, 0.1) is 0 Å². The molecular formula is C10H7BrN2O2. The van der Waals surface area contributed by atoms with E-state index in [2.05, 4.69) is 26.4 Å². The number of nitrogens with one attached hydrogen (secondary N) is 1. The quantitative estimate of drug-likeness (QED) is 0.910. The van der Waals surface area contributed by atoms with Gasteiger partial charge in [-0.3, -0.25) is 4.79 Å². The molecule has 0 atom stereocenters. The van der Waals surface area contributed by atoms with Crippen molar-refractivity contribution >= 4 is 27.5 Å². The third-order valence-electron chi connectivity index (χ3n) is 1.74. The number of carbonyl (C=O) groups is 1. The van der Waals surface area contributed by atoms with Crippen molar-refractivity contribution in [1.29, 1.82) is 0 Å². The molecule has 1 heterocycles. The van der Waals surface area contributed by atoms with Crippen molar-refractivity contribution in [2.24, 2.45) is 0 Å². The van der Waals surface area contributed by atoms with Crippen molar-refractivity contribution in [2.75, 3.05) is 5.32 Å². The molecule has 0 aliphatic heterocycles. The highest BCUT2D eigenvalue weighted by atomic mass is 79.9. The van der Waals surface area contributed by atoms with Gasteiger partial charge in [0.05, 0.1) is 6.20 Å². The van der Waals surface area contributed by atoms with Gasteiger partial charge >= 0.3 is 0 Å². The van der Waals surface area contributed by atoms with Gasteiger partial charge in [-0.15, -0.1) is 0 Å². The molecule has 2 aromatic rings. The number of hydrogen-bond acceptors (Lipinski definition) is 3. The lowest BCUT2D eigenvalue weighted by atomic mass is 10.3. The van der Waals surface area contributed by atoms with Gasteiger partial charge in [0, 0.05) is 16.2 Å². The minimum atomic E-state index is -0.314. The molecule has 0 fully saturated rings. The highest BCUT2D eigenvalue weighted by Gasteiger charge is 2.09. The third kappa shape index (κ3) is 2.44. The molecule has 4 nitrogen and oxygen atoms in total. The molecule has 1 amide bonds. The topological polar surface area (TPSA) is 55.1 Å². The fourth-order valence-electron chi connectivity index (χ4n) is 1.09. The third-order valence-corrected chi connectivity index (χ3v) is 2.24. The molecule has 0 bridgehead atoms. The van der Waals surface area contributed by atoms with E-state index in [0.29, 0.717) is 5.69 Å². The number of benzene rings is 1. The average Bonchev–Trinajstić information content (AvgIpc) is 2.70. The highest BCUT2D eigenvalue weighted by molar-refractivity contribution is 9.10. The second-order valence-corrected chi connectivity index (χ2v) is 3.76. The Kier molecular flexibility index (Phi) is 2.82. The smallest absolute Gasteiger partial charge is 0.294 e. The number of nitrogens with zero attached hydrogens (tertiary/aromatic N) is 1. The highest BCUT2D eigenvalue weighted by Crippen LogP contribution is 2.16. The van der Waals surface area contributed by atoms with Crippen LogP contribution in [0.25, 0.3) is 0 Å². The number of hydrogen-bond donors (Lipinski definition) is 1. The van der Waals surface area contributed by atoms with Gasteiger partial charge in [-0.2, -0.15) is 0 Å². The zero-order valence-corrected chi connectivity index (χ0v) is 9.19. The Morgan fingerprint density at radius 2 is 2.27 bits per heavy atom. The van der Waals surface area contributed by atoms with Gasteiger partial charge < -0.3 is 9.84 Å². The molecule has 0 aliphatic rings. The fraction of sp³-hybridized carbons (Fsp3) is 0. The van der Waals surface area contributed by atoms with Crippen LogP contribution in [-0.4, -0.2) is 11.1 Å². The molecule has 0 aliphatic carbocycles. The SMILES string of the molecule is O=C(Nc1cccc(Br)c1)c1ccno1. The number of aromatic nitrogens is 1. The molecule has 0 saturated heterocycles. The van der Waals surface area contributed by atoms with Gasteiger partial charge in [0.1, 0.15) is 0 Å². The predicted molar refractivity (Wildman–Crippen MR) is 58.6 cm³/mol. The van der Waals surface area contributed by atoms with Crippen molar-refractivity contribution in [1.82, 2.24) is 5.16 Å². The van der Waals surface area contributed by atoms with E-state index in [1.807, 2.05) is 12.1 Å². The summed E-state index contributed by atoms with van der Waals surface area (Å²) in [6, 6.07) is 8.81. The van der Waals surface area contributed by atoms with E-state index >= 15 is 0 Å². The zero-order valence-electron chi connectivity index (χ0n) is 7.61. The maximum atomic E-state index is 11.5. The zero-order chi connectivity index (χ0) is 10.7. The molecule has 0 saturated carbocycles. The summed E-state index contributed by atoms with van der Waals surface area (Å²) in [5.74, 6) is -0.124. The van der Waals surface area contributed by atoms with E-state index in [-0.39, 0.29) is 11.7 Å². The molecule has 5 heteroatoms. The van der Waals surface area contributed by atoms with Crippen molar-refractivity contribution in [3.63, 3.8) is 0 Å². The average molecular weight is 267 g/mol. The normalized spacial score (nSPS) is 9.93. The number of halogens is 1. The Morgan fingerprint density at radius 1 is 1.40 bits per heavy atom. The Morgan fingerprint density at radius 3 is 2.93 bits per heavy atom. The summed E-state index contributed by atoms with van der Waals surface area (Å²) < 4.78 is 5.62. The van der Waals surface area contributed by atoms with E-state index < -0.39 is 0 Å². The lowest BCUT2D eigenvalue weighted by molar-refractivity contribution is 0.0988. The number of amides is 1. The van der Waals surface area contributed by atoms with Crippen molar-refractivity contribution in [3.05, 3.63) is 46.8 Å². The standard InChI is InChI=1S/C10H7BrN2O2/c11-7-2-1-3-8(6-7)13-10(14)9-4-5-12-15-9/h1-6H,(H,13,14). The second kappa shape index (κ2) is 4.27. The maximum absolute atomic E-state index is 11.5. The van der Waals surface area contributed by atoms with Crippen LogP contribution in [0.4, 0.5) is 5.69 Å². The molecule has 0 radical (unpaired) electrons. The first kappa shape index (κ1) is 9.92. The number of carbonyl (C=O) groups excluding carboxylic acids is 1. The lowest BCUT2D eigenvalue weighted by Gasteiger charge is -2.02. The van der Waals surface area contributed by atoms with Gasteiger partial charge in [-0.05, 0) is 18.2 Å². The Labute approximate surface area is 94.4 Å². The van der Waals surface area contributed by atoms with Crippen LogP contribution in [0.1, 0.15) is 10.6 Å². The van der Waals surface area contributed by atoms with Gasteiger partial charge in [0.25, 0.3) is 5.91 Å². The Hall–Kier alpha value is -1.62. The van der Waals surface area contributed by atoms with E-state index in [0.717, 1.165) is 4.47 Å². The molecule has 1 aromatic heterocycles. The Bertz CT molecular complexity index is 468. The summed E-state index contributed by atoms with van der Waals surface area (Å²) >= 11 is 3.31. The monoisotopic (exact) mass is 266 g/mol. The fourth-order valence-corrected chi connectivity index (χ4v) is 1.49. The van der Waals surface area contributed by atoms with Crippen LogP contribution in [0.2, 0.25) is 0 Å².